The number of ether oxygens (including phenoxy) is 1. The Balaban J connectivity index is 1.74. The quantitative estimate of drug-likeness (QED) is 0.195. The van der Waals surface area contributed by atoms with Crippen molar-refractivity contribution in [3.63, 3.8) is 0 Å². The monoisotopic (exact) mass is 530 g/mol. The molecule has 0 atom stereocenters. The Hall–Kier alpha value is -5.00. The molecule has 5 rings (SSSR count). The van der Waals surface area contributed by atoms with Gasteiger partial charge in [-0.15, -0.1) is 0 Å². The van der Waals surface area contributed by atoms with Gasteiger partial charge in [0.05, 0.1) is 28.1 Å². The van der Waals surface area contributed by atoms with Gasteiger partial charge >= 0.3 is 11.8 Å². The summed E-state index contributed by atoms with van der Waals surface area (Å²) in [7, 11) is 0. The zero-order valence-corrected chi connectivity index (χ0v) is 21.5. The lowest BCUT2D eigenvalue weighted by Crippen LogP contribution is -2.24. The van der Waals surface area contributed by atoms with Crippen LogP contribution in [0.1, 0.15) is 38.8 Å². The van der Waals surface area contributed by atoms with E-state index in [1.807, 2.05) is 20.8 Å². The molecule has 0 radical (unpaired) electrons. The summed E-state index contributed by atoms with van der Waals surface area (Å²) in [5, 5.41) is 22.2. The van der Waals surface area contributed by atoms with Crippen molar-refractivity contribution in [3.8, 4) is 16.9 Å². The molecule has 0 aliphatic rings. The van der Waals surface area contributed by atoms with Gasteiger partial charge in [0.1, 0.15) is 17.9 Å². The molecule has 0 saturated heterocycles. The van der Waals surface area contributed by atoms with Crippen LogP contribution >= 0.6 is 0 Å². The van der Waals surface area contributed by atoms with E-state index >= 15 is 4.39 Å². The van der Waals surface area contributed by atoms with Crippen LogP contribution in [0.4, 0.5) is 10.2 Å². The van der Waals surface area contributed by atoms with E-state index in [1.54, 1.807) is 36.4 Å². The van der Waals surface area contributed by atoms with Crippen molar-refractivity contribution >= 4 is 33.6 Å². The number of nitro groups is 1. The van der Waals surface area contributed by atoms with Crippen LogP contribution in [0.15, 0.2) is 53.5 Å². The van der Waals surface area contributed by atoms with Gasteiger partial charge in [0, 0.05) is 23.4 Å². The number of benzene rings is 2. The van der Waals surface area contributed by atoms with Gasteiger partial charge < -0.3 is 14.9 Å². The molecule has 0 spiro atoms. The van der Waals surface area contributed by atoms with Crippen LogP contribution in [0.3, 0.4) is 0 Å². The fraction of sp³-hybridized carbons (Fsp3) is 0.222. The number of pyridine rings is 1. The number of halogens is 1. The average Bonchev–Trinajstić information content (AvgIpc) is 3.30. The number of aromatic amines is 1. The van der Waals surface area contributed by atoms with Crippen LogP contribution in [0.25, 0.3) is 38.8 Å². The number of nitrogens with one attached hydrogen (secondary N) is 1. The summed E-state index contributed by atoms with van der Waals surface area (Å²) in [6, 6.07) is 11.2. The van der Waals surface area contributed by atoms with Crippen molar-refractivity contribution in [1.82, 2.24) is 25.0 Å². The fourth-order valence-corrected chi connectivity index (χ4v) is 4.34. The molecule has 0 aliphatic carbocycles. The topological polar surface area (TPSA) is 146 Å². The standard InChI is InChI=1S/C27H23FN6O5/c1-14(35)39-13-18-17(20-8-9-21-24(30-20)25(32-31-21)34(37)38)6-5-7-22(18)33-26(36)23-15(12-29-33)10-16(11-19(23)28)27(2,3)4/h5-12H,13H2,1-4H3,(H,31,32). The van der Waals surface area contributed by atoms with Gasteiger partial charge in [0.25, 0.3) is 5.56 Å². The molecule has 1 N–H and O–H groups in total. The number of fused-ring (bicyclic) bond motifs is 2. The first-order valence-corrected chi connectivity index (χ1v) is 11.9. The van der Waals surface area contributed by atoms with Gasteiger partial charge in [0.2, 0.25) is 0 Å². The lowest BCUT2D eigenvalue weighted by Gasteiger charge is -2.20. The molecule has 0 fully saturated rings. The SMILES string of the molecule is CC(=O)OCc1c(-c2ccc3[nH]nc([N+](=O)[O-])c3n2)cccc1-n1ncc2cc(C(C)(C)C)cc(F)c2c1=O. The molecule has 5 aromatic rings. The third-order valence-electron chi connectivity index (χ3n) is 6.34. The summed E-state index contributed by atoms with van der Waals surface area (Å²) in [4.78, 5) is 40.5. The predicted molar refractivity (Wildman–Crippen MR) is 141 cm³/mol. The second-order valence-electron chi connectivity index (χ2n) is 10.0. The summed E-state index contributed by atoms with van der Waals surface area (Å²) in [6.07, 6.45) is 1.41. The highest BCUT2D eigenvalue weighted by molar-refractivity contribution is 5.86. The number of rotatable bonds is 5. The molecular weight excluding hydrogens is 507 g/mol. The number of aromatic nitrogens is 5. The Morgan fingerprint density at radius 1 is 1.21 bits per heavy atom. The summed E-state index contributed by atoms with van der Waals surface area (Å²) >= 11 is 0. The molecule has 0 saturated carbocycles. The molecule has 198 valence electrons. The minimum absolute atomic E-state index is 0.0408. The normalized spacial score (nSPS) is 11.7. The third-order valence-corrected chi connectivity index (χ3v) is 6.34. The molecule has 2 aromatic carbocycles. The zero-order chi connectivity index (χ0) is 28.1. The van der Waals surface area contributed by atoms with E-state index in [4.69, 9.17) is 4.74 Å². The van der Waals surface area contributed by atoms with Crippen LogP contribution in [0.2, 0.25) is 0 Å². The van der Waals surface area contributed by atoms with Gasteiger partial charge in [-0.25, -0.2) is 9.37 Å². The maximum atomic E-state index is 15.3. The minimum Gasteiger partial charge on any atom is -0.461 e. The van der Waals surface area contributed by atoms with Crippen LogP contribution in [-0.2, 0) is 21.6 Å². The smallest absolute Gasteiger partial charge is 0.416 e. The van der Waals surface area contributed by atoms with E-state index in [2.05, 4.69) is 20.3 Å². The van der Waals surface area contributed by atoms with Gasteiger partial charge in [-0.1, -0.05) is 32.9 Å². The van der Waals surface area contributed by atoms with Crippen molar-refractivity contribution in [2.45, 2.75) is 39.7 Å². The Labute approximate surface area is 220 Å². The zero-order valence-electron chi connectivity index (χ0n) is 21.5. The molecular formula is C27H23FN6O5. The van der Waals surface area contributed by atoms with Gasteiger partial charge in [-0.05, 0) is 46.2 Å². The van der Waals surface area contributed by atoms with Crippen molar-refractivity contribution < 1.29 is 18.8 Å². The predicted octanol–water partition coefficient (Wildman–Crippen LogP) is 4.73. The first kappa shape index (κ1) is 25.6. The van der Waals surface area contributed by atoms with Crippen LogP contribution < -0.4 is 5.56 Å². The van der Waals surface area contributed by atoms with Crippen molar-refractivity contribution in [3.05, 3.63) is 86.1 Å². The fourth-order valence-electron chi connectivity index (χ4n) is 4.34. The van der Waals surface area contributed by atoms with E-state index in [1.165, 1.54) is 19.2 Å². The maximum Gasteiger partial charge on any atom is 0.416 e. The first-order chi connectivity index (χ1) is 18.5. The van der Waals surface area contributed by atoms with Gasteiger partial charge in [0.15, 0.2) is 5.52 Å². The number of hydrogen-bond acceptors (Lipinski definition) is 8. The van der Waals surface area contributed by atoms with E-state index in [-0.39, 0.29) is 28.6 Å². The molecule has 11 nitrogen and oxygen atoms in total. The second-order valence-corrected chi connectivity index (χ2v) is 10.0. The average molecular weight is 531 g/mol. The molecule has 3 heterocycles. The van der Waals surface area contributed by atoms with Crippen LogP contribution in [0, 0.1) is 15.9 Å². The largest absolute Gasteiger partial charge is 0.461 e. The van der Waals surface area contributed by atoms with Gasteiger partial charge in [-0.2, -0.15) is 14.9 Å². The molecule has 12 heteroatoms. The Bertz CT molecular complexity index is 1850. The van der Waals surface area contributed by atoms with E-state index in [0.29, 0.717) is 27.7 Å². The molecule has 0 bridgehead atoms. The minimum atomic E-state index is -0.694. The molecule has 39 heavy (non-hydrogen) atoms. The highest BCUT2D eigenvalue weighted by Gasteiger charge is 2.23. The molecule has 0 amide bonds. The van der Waals surface area contributed by atoms with Crippen LogP contribution in [-0.4, -0.2) is 35.9 Å². The van der Waals surface area contributed by atoms with Crippen LogP contribution in [0.5, 0.6) is 0 Å². The Morgan fingerprint density at radius 2 is 1.97 bits per heavy atom. The Morgan fingerprint density at radius 3 is 2.67 bits per heavy atom. The second kappa shape index (κ2) is 9.39. The summed E-state index contributed by atoms with van der Waals surface area (Å²) < 4.78 is 21.6. The highest BCUT2D eigenvalue weighted by atomic mass is 19.1. The number of nitrogens with zero attached hydrogens (tertiary/aromatic N) is 5. The lowest BCUT2D eigenvalue weighted by molar-refractivity contribution is -0.388. The molecule has 3 aromatic heterocycles. The Kier molecular flexibility index (Phi) is 6.17. The number of H-pyrrole nitrogens is 1. The molecule has 0 unspecified atom stereocenters. The summed E-state index contributed by atoms with van der Waals surface area (Å²) in [6.45, 7) is 6.81. The van der Waals surface area contributed by atoms with E-state index in [9.17, 15) is 19.7 Å². The number of hydrogen-bond donors (Lipinski definition) is 1. The van der Waals surface area contributed by atoms with Crippen molar-refractivity contribution in [1.29, 1.82) is 0 Å². The molecule has 0 aliphatic heterocycles. The summed E-state index contributed by atoms with van der Waals surface area (Å²) in [5.41, 5.74) is 1.43. The first-order valence-electron chi connectivity index (χ1n) is 11.9. The highest BCUT2D eigenvalue weighted by Crippen LogP contribution is 2.31. The number of carbonyl (C=O) groups excluding carboxylic acids is 1. The van der Waals surface area contributed by atoms with Gasteiger partial charge in [-0.3, -0.25) is 9.59 Å². The van der Waals surface area contributed by atoms with Crippen molar-refractivity contribution in [2.75, 3.05) is 0 Å². The number of esters is 1. The number of carbonyl (C=O) groups is 1. The maximum absolute atomic E-state index is 15.3. The van der Waals surface area contributed by atoms with Crippen molar-refractivity contribution in [2.24, 2.45) is 0 Å². The van der Waals surface area contributed by atoms with E-state index < -0.39 is 28.1 Å². The lowest BCUT2D eigenvalue weighted by atomic mass is 9.86. The van der Waals surface area contributed by atoms with E-state index in [0.717, 1.165) is 10.2 Å². The third kappa shape index (κ3) is 4.60. The summed E-state index contributed by atoms with van der Waals surface area (Å²) in [5.74, 6) is -1.68.